The number of nitrogens with one attached hydrogen (secondary N) is 1. The first kappa shape index (κ1) is 14.9. The number of fused-ring (bicyclic) bond motifs is 1. The van der Waals surface area contributed by atoms with E-state index in [1.165, 1.54) is 0 Å². The van der Waals surface area contributed by atoms with Gasteiger partial charge in [0.25, 0.3) is 0 Å². The standard InChI is InChI=1S/C19H20N4O/c1-14-7-8-16-17(24)13-18(22-11-9-20-10-12-22)23(19(16)21-14)15-5-3-2-4-6-15/h2-8,13,20H,9-12H2,1H3. The first-order valence-electron chi connectivity index (χ1n) is 8.28. The number of anilines is 1. The van der Waals surface area contributed by atoms with E-state index in [0.717, 1.165) is 49.0 Å². The lowest BCUT2D eigenvalue weighted by molar-refractivity contribution is 0.582. The van der Waals surface area contributed by atoms with E-state index in [1.54, 1.807) is 6.07 Å². The summed E-state index contributed by atoms with van der Waals surface area (Å²) in [7, 11) is 0. The molecule has 5 heteroatoms. The van der Waals surface area contributed by atoms with Gasteiger partial charge < -0.3 is 10.2 Å². The Morgan fingerprint density at radius 2 is 1.79 bits per heavy atom. The van der Waals surface area contributed by atoms with Gasteiger partial charge in [-0.3, -0.25) is 9.36 Å². The number of benzene rings is 1. The average molecular weight is 320 g/mol. The van der Waals surface area contributed by atoms with Crippen LogP contribution in [0, 0.1) is 6.92 Å². The van der Waals surface area contributed by atoms with Crippen molar-refractivity contribution in [2.24, 2.45) is 0 Å². The molecule has 1 N–H and O–H groups in total. The van der Waals surface area contributed by atoms with Crippen LogP contribution in [0.3, 0.4) is 0 Å². The van der Waals surface area contributed by atoms with Gasteiger partial charge >= 0.3 is 0 Å². The Morgan fingerprint density at radius 3 is 2.54 bits per heavy atom. The minimum Gasteiger partial charge on any atom is -0.355 e. The highest BCUT2D eigenvalue weighted by Crippen LogP contribution is 2.24. The average Bonchev–Trinajstić information content (AvgIpc) is 2.63. The van der Waals surface area contributed by atoms with Crippen molar-refractivity contribution < 1.29 is 0 Å². The third-order valence-electron chi connectivity index (χ3n) is 4.44. The molecule has 1 aliphatic rings. The van der Waals surface area contributed by atoms with Crippen molar-refractivity contribution in [2.45, 2.75) is 6.92 Å². The molecular formula is C19H20N4O. The molecule has 1 aliphatic heterocycles. The molecule has 0 bridgehead atoms. The van der Waals surface area contributed by atoms with Gasteiger partial charge in [-0.2, -0.15) is 0 Å². The topological polar surface area (TPSA) is 50.2 Å². The molecule has 3 heterocycles. The predicted octanol–water partition coefficient (Wildman–Crippen LogP) is 2.10. The van der Waals surface area contributed by atoms with Crippen LogP contribution in [0.5, 0.6) is 0 Å². The third kappa shape index (κ3) is 2.57. The smallest absolute Gasteiger partial charge is 0.193 e. The lowest BCUT2D eigenvalue weighted by atomic mass is 10.2. The Kier molecular flexibility index (Phi) is 3.78. The highest BCUT2D eigenvalue weighted by molar-refractivity contribution is 5.80. The quantitative estimate of drug-likeness (QED) is 0.786. The fourth-order valence-electron chi connectivity index (χ4n) is 3.23. The summed E-state index contributed by atoms with van der Waals surface area (Å²) >= 11 is 0. The van der Waals surface area contributed by atoms with Crippen LogP contribution in [0.1, 0.15) is 5.69 Å². The van der Waals surface area contributed by atoms with E-state index in [9.17, 15) is 4.79 Å². The maximum absolute atomic E-state index is 12.6. The van der Waals surface area contributed by atoms with Crippen LogP contribution in [0.25, 0.3) is 16.7 Å². The molecule has 5 nitrogen and oxygen atoms in total. The van der Waals surface area contributed by atoms with Crippen LogP contribution in [-0.4, -0.2) is 35.7 Å². The van der Waals surface area contributed by atoms with Crippen LogP contribution >= 0.6 is 0 Å². The molecule has 0 aliphatic carbocycles. The zero-order valence-corrected chi connectivity index (χ0v) is 13.7. The fourth-order valence-corrected chi connectivity index (χ4v) is 3.23. The molecule has 1 saturated heterocycles. The van der Waals surface area contributed by atoms with Gasteiger partial charge in [-0.1, -0.05) is 18.2 Å². The lowest BCUT2D eigenvalue weighted by Crippen LogP contribution is -2.45. The summed E-state index contributed by atoms with van der Waals surface area (Å²) < 4.78 is 2.11. The predicted molar refractivity (Wildman–Crippen MR) is 97.2 cm³/mol. The van der Waals surface area contributed by atoms with Crippen molar-refractivity contribution >= 4 is 16.9 Å². The molecule has 0 atom stereocenters. The Balaban J connectivity index is 2.05. The number of rotatable bonds is 2. The van der Waals surface area contributed by atoms with E-state index in [2.05, 4.69) is 31.9 Å². The van der Waals surface area contributed by atoms with Crippen molar-refractivity contribution in [3.63, 3.8) is 0 Å². The van der Waals surface area contributed by atoms with Crippen LogP contribution in [-0.2, 0) is 0 Å². The van der Waals surface area contributed by atoms with E-state index in [1.807, 2.05) is 37.3 Å². The van der Waals surface area contributed by atoms with E-state index < -0.39 is 0 Å². The second-order valence-corrected chi connectivity index (χ2v) is 6.10. The summed E-state index contributed by atoms with van der Waals surface area (Å²) in [6, 6.07) is 15.6. The second-order valence-electron chi connectivity index (χ2n) is 6.10. The van der Waals surface area contributed by atoms with Crippen molar-refractivity contribution in [1.82, 2.24) is 14.9 Å². The van der Waals surface area contributed by atoms with Crippen LogP contribution in [0.4, 0.5) is 5.82 Å². The molecule has 24 heavy (non-hydrogen) atoms. The number of nitrogens with zero attached hydrogens (tertiary/aromatic N) is 3. The SMILES string of the molecule is Cc1ccc2c(=O)cc(N3CCNCC3)n(-c3ccccc3)c2n1. The highest BCUT2D eigenvalue weighted by atomic mass is 16.1. The van der Waals surface area contributed by atoms with Gasteiger partial charge in [-0.25, -0.2) is 4.98 Å². The highest BCUT2D eigenvalue weighted by Gasteiger charge is 2.18. The Labute approximate surface area is 140 Å². The molecule has 2 aromatic heterocycles. The number of para-hydroxylation sites is 1. The summed E-state index contributed by atoms with van der Waals surface area (Å²) in [5.41, 5.74) is 2.68. The summed E-state index contributed by atoms with van der Waals surface area (Å²) in [6.07, 6.45) is 0. The summed E-state index contributed by atoms with van der Waals surface area (Å²) in [4.78, 5) is 19.6. The summed E-state index contributed by atoms with van der Waals surface area (Å²) in [5.74, 6) is 0.915. The third-order valence-corrected chi connectivity index (χ3v) is 4.44. The zero-order chi connectivity index (χ0) is 16.5. The van der Waals surface area contributed by atoms with E-state index in [-0.39, 0.29) is 5.43 Å². The van der Waals surface area contributed by atoms with Crippen LogP contribution in [0.15, 0.2) is 53.3 Å². The largest absolute Gasteiger partial charge is 0.355 e. The molecule has 4 rings (SSSR count). The van der Waals surface area contributed by atoms with Crippen molar-refractivity contribution in [3.05, 3.63) is 64.4 Å². The normalized spacial score (nSPS) is 15.0. The van der Waals surface area contributed by atoms with Crippen molar-refractivity contribution in [1.29, 1.82) is 0 Å². The number of hydrogen-bond donors (Lipinski definition) is 1. The van der Waals surface area contributed by atoms with Gasteiger partial charge in [0.1, 0.15) is 11.5 Å². The molecular weight excluding hydrogens is 300 g/mol. The van der Waals surface area contributed by atoms with Gasteiger partial charge in [0.15, 0.2) is 5.43 Å². The second kappa shape index (κ2) is 6.09. The zero-order valence-electron chi connectivity index (χ0n) is 13.7. The van der Waals surface area contributed by atoms with Crippen LogP contribution < -0.4 is 15.6 Å². The Bertz CT molecular complexity index is 927. The number of hydrogen-bond acceptors (Lipinski definition) is 4. The van der Waals surface area contributed by atoms with Gasteiger partial charge in [-0.15, -0.1) is 0 Å². The number of pyridine rings is 2. The lowest BCUT2D eigenvalue weighted by Gasteiger charge is -2.32. The maximum atomic E-state index is 12.6. The van der Waals surface area contributed by atoms with Crippen molar-refractivity contribution in [3.8, 4) is 5.69 Å². The molecule has 0 unspecified atom stereocenters. The molecule has 0 saturated carbocycles. The summed E-state index contributed by atoms with van der Waals surface area (Å²) in [6.45, 7) is 5.55. The molecule has 122 valence electrons. The van der Waals surface area contributed by atoms with Gasteiger partial charge in [0, 0.05) is 43.6 Å². The molecule has 0 spiro atoms. The molecule has 1 fully saturated rings. The maximum Gasteiger partial charge on any atom is 0.193 e. The molecule has 0 amide bonds. The molecule has 0 radical (unpaired) electrons. The number of aromatic nitrogens is 2. The first-order chi connectivity index (χ1) is 11.7. The molecule has 3 aromatic rings. The summed E-state index contributed by atoms with van der Waals surface area (Å²) in [5, 5.41) is 4.02. The first-order valence-corrected chi connectivity index (χ1v) is 8.28. The van der Waals surface area contributed by atoms with Crippen LogP contribution in [0.2, 0.25) is 0 Å². The van der Waals surface area contributed by atoms with Crippen molar-refractivity contribution in [2.75, 3.05) is 31.1 Å². The minimum atomic E-state index is 0.0261. The van der Waals surface area contributed by atoms with E-state index in [0.29, 0.717) is 5.39 Å². The van der Waals surface area contributed by atoms with E-state index in [4.69, 9.17) is 0 Å². The fraction of sp³-hybridized carbons (Fsp3) is 0.263. The Hall–Kier alpha value is -2.66. The van der Waals surface area contributed by atoms with Gasteiger partial charge in [-0.05, 0) is 31.2 Å². The van der Waals surface area contributed by atoms with Gasteiger partial charge in [0.2, 0.25) is 0 Å². The number of aryl methyl sites for hydroxylation is 1. The van der Waals surface area contributed by atoms with Gasteiger partial charge in [0.05, 0.1) is 5.39 Å². The molecule has 1 aromatic carbocycles. The number of piperazine rings is 1. The minimum absolute atomic E-state index is 0.0261. The monoisotopic (exact) mass is 320 g/mol. The van der Waals surface area contributed by atoms with E-state index >= 15 is 0 Å². The Morgan fingerprint density at radius 1 is 1.04 bits per heavy atom.